The Morgan fingerprint density at radius 3 is 3.07 bits per heavy atom. The molecule has 0 bridgehead atoms. The minimum Gasteiger partial charge on any atom is -0.407 e. The van der Waals surface area contributed by atoms with Crippen LogP contribution in [0.1, 0.15) is 6.92 Å². The molecule has 0 fully saturated rings. The first-order valence-electron chi connectivity index (χ1n) is 4.14. The molecule has 7 heteroatoms. The molecule has 76 valence electrons. The fraction of sp³-hybridized carbons (Fsp3) is 0.125. The monoisotopic (exact) mass is 205 g/mol. The molecule has 0 aromatic carbocycles. The molecule has 2 heterocycles. The number of hydrogen-bond acceptors (Lipinski definition) is 6. The number of nitrogens with one attached hydrogen (secondary N) is 1. The highest BCUT2D eigenvalue weighted by atomic mass is 16.5. The second kappa shape index (κ2) is 3.82. The summed E-state index contributed by atoms with van der Waals surface area (Å²) >= 11 is 0. The minimum atomic E-state index is -0.446. The van der Waals surface area contributed by atoms with E-state index in [2.05, 4.69) is 25.6 Å². The zero-order valence-corrected chi connectivity index (χ0v) is 7.84. The summed E-state index contributed by atoms with van der Waals surface area (Å²) in [6, 6.07) is 3.38. The smallest absolute Gasteiger partial charge is 0.309 e. The fourth-order valence-corrected chi connectivity index (χ4v) is 1.05. The number of H-pyrrole nitrogens is 1. The molecule has 0 spiro atoms. The van der Waals surface area contributed by atoms with Crippen LogP contribution in [0.15, 0.2) is 18.3 Å². The van der Waals surface area contributed by atoms with Gasteiger partial charge in [0.15, 0.2) is 0 Å². The molecule has 0 aliphatic carbocycles. The van der Waals surface area contributed by atoms with E-state index in [1.807, 2.05) is 0 Å². The fourth-order valence-electron chi connectivity index (χ4n) is 1.05. The average Bonchev–Trinajstić information content (AvgIpc) is 2.70. The van der Waals surface area contributed by atoms with Crippen molar-refractivity contribution in [3.63, 3.8) is 0 Å². The highest BCUT2D eigenvalue weighted by Gasteiger charge is 2.12. The van der Waals surface area contributed by atoms with E-state index < -0.39 is 5.97 Å². The van der Waals surface area contributed by atoms with Gasteiger partial charge >= 0.3 is 5.97 Å². The van der Waals surface area contributed by atoms with Gasteiger partial charge < -0.3 is 4.74 Å². The predicted molar refractivity (Wildman–Crippen MR) is 48.7 cm³/mol. The van der Waals surface area contributed by atoms with Crippen molar-refractivity contribution in [2.24, 2.45) is 0 Å². The predicted octanol–water partition coefficient (Wildman–Crippen LogP) is 0.187. The number of tetrazole rings is 1. The van der Waals surface area contributed by atoms with Crippen LogP contribution >= 0.6 is 0 Å². The molecular weight excluding hydrogens is 198 g/mol. The van der Waals surface area contributed by atoms with Crippen molar-refractivity contribution in [1.29, 1.82) is 0 Å². The number of carbonyl (C=O) groups excluding carboxylic acids is 1. The van der Waals surface area contributed by atoms with Crippen LogP contribution in [0.25, 0.3) is 11.4 Å². The molecule has 0 aliphatic rings. The Bertz CT molecular complexity index is 468. The van der Waals surface area contributed by atoms with E-state index in [9.17, 15) is 4.79 Å². The van der Waals surface area contributed by atoms with Gasteiger partial charge in [0.25, 0.3) is 0 Å². The van der Waals surface area contributed by atoms with Crippen molar-refractivity contribution in [2.75, 3.05) is 0 Å². The number of carbonyl (C=O) groups is 1. The van der Waals surface area contributed by atoms with Gasteiger partial charge in [-0.2, -0.15) is 5.21 Å². The van der Waals surface area contributed by atoms with E-state index in [-0.39, 0.29) is 5.88 Å². The van der Waals surface area contributed by atoms with Crippen LogP contribution in [0.4, 0.5) is 0 Å². The Labute approximate surface area is 84.5 Å². The molecule has 0 unspecified atom stereocenters. The maximum Gasteiger partial charge on any atom is 0.309 e. The van der Waals surface area contributed by atoms with Gasteiger partial charge in [0.1, 0.15) is 0 Å². The van der Waals surface area contributed by atoms with Crippen molar-refractivity contribution < 1.29 is 9.53 Å². The number of hydrogen-bond donors (Lipinski definition) is 1. The van der Waals surface area contributed by atoms with Crippen molar-refractivity contribution in [3.05, 3.63) is 18.3 Å². The van der Waals surface area contributed by atoms with Crippen LogP contribution in [0.5, 0.6) is 5.88 Å². The van der Waals surface area contributed by atoms with Gasteiger partial charge in [0, 0.05) is 13.1 Å². The molecule has 0 saturated carbocycles. The lowest BCUT2D eigenvalue weighted by atomic mass is 10.2. The quantitative estimate of drug-likeness (QED) is 0.703. The van der Waals surface area contributed by atoms with E-state index in [4.69, 9.17) is 4.74 Å². The number of nitrogens with zero attached hydrogens (tertiary/aromatic N) is 4. The molecule has 2 rings (SSSR count). The zero-order chi connectivity index (χ0) is 10.7. The SMILES string of the molecule is CC(=O)Oc1ncccc1-c1nn[nH]n1. The first-order valence-corrected chi connectivity index (χ1v) is 4.14. The van der Waals surface area contributed by atoms with Gasteiger partial charge in [-0.1, -0.05) is 0 Å². The number of aromatic nitrogens is 5. The Hall–Kier alpha value is -2.31. The lowest BCUT2D eigenvalue weighted by Crippen LogP contribution is -2.04. The molecular formula is C8H7N5O2. The summed E-state index contributed by atoms with van der Waals surface area (Å²) in [5, 5.41) is 13.3. The van der Waals surface area contributed by atoms with Crippen LogP contribution in [0, 0.1) is 0 Å². The lowest BCUT2D eigenvalue weighted by Gasteiger charge is -2.02. The van der Waals surface area contributed by atoms with Crippen molar-refractivity contribution in [2.45, 2.75) is 6.92 Å². The molecule has 1 N–H and O–H groups in total. The summed E-state index contributed by atoms with van der Waals surface area (Å²) < 4.78 is 4.90. The molecule has 0 saturated heterocycles. The highest BCUT2D eigenvalue weighted by Crippen LogP contribution is 2.23. The number of pyridine rings is 1. The topological polar surface area (TPSA) is 93.6 Å². The van der Waals surface area contributed by atoms with Crippen LogP contribution in [-0.4, -0.2) is 31.6 Å². The maximum atomic E-state index is 10.8. The van der Waals surface area contributed by atoms with Crippen LogP contribution in [0.3, 0.4) is 0 Å². The van der Waals surface area contributed by atoms with Gasteiger partial charge in [-0.15, -0.1) is 10.2 Å². The zero-order valence-electron chi connectivity index (χ0n) is 7.84. The third-order valence-electron chi connectivity index (χ3n) is 1.60. The van der Waals surface area contributed by atoms with E-state index >= 15 is 0 Å². The Kier molecular flexibility index (Phi) is 2.36. The Morgan fingerprint density at radius 2 is 2.40 bits per heavy atom. The van der Waals surface area contributed by atoms with Gasteiger partial charge in [-0.05, 0) is 17.3 Å². The first-order chi connectivity index (χ1) is 7.27. The summed E-state index contributed by atoms with van der Waals surface area (Å²) in [5.41, 5.74) is 0.515. The molecule has 7 nitrogen and oxygen atoms in total. The van der Waals surface area contributed by atoms with Gasteiger partial charge in [-0.25, -0.2) is 4.98 Å². The summed E-state index contributed by atoms with van der Waals surface area (Å²) in [7, 11) is 0. The van der Waals surface area contributed by atoms with Crippen LogP contribution in [-0.2, 0) is 4.79 Å². The molecule has 0 atom stereocenters. The third kappa shape index (κ3) is 1.96. The second-order valence-electron chi connectivity index (χ2n) is 2.69. The van der Waals surface area contributed by atoms with Gasteiger partial charge in [-0.3, -0.25) is 4.79 Å². The average molecular weight is 205 g/mol. The summed E-state index contributed by atoms with van der Waals surface area (Å²) in [6.07, 6.45) is 1.52. The number of ether oxygens (including phenoxy) is 1. The van der Waals surface area contributed by atoms with Crippen molar-refractivity contribution in [3.8, 4) is 17.3 Å². The molecule has 0 radical (unpaired) electrons. The molecule has 2 aromatic rings. The Balaban J connectivity index is 2.42. The molecule has 2 aromatic heterocycles. The van der Waals surface area contributed by atoms with Crippen molar-refractivity contribution >= 4 is 5.97 Å². The molecule has 15 heavy (non-hydrogen) atoms. The lowest BCUT2D eigenvalue weighted by molar-refractivity contribution is -0.132. The van der Waals surface area contributed by atoms with Crippen LogP contribution in [0.2, 0.25) is 0 Å². The third-order valence-corrected chi connectivity index (χ3v) is 1.60. The minimum absolute atomic E-state index is 0.173. The van der Waals surface area contributed by atoms with Crippen molar-refractivity contribution in [1.82, 2.24) is 25.6 Å². The highest BCUT2D eigenvalue weighted by molar-refractivity contribution is 5.72. The maximum absolute atomic E-state index is 10.8. The number of aromatic amines is 1. The van der Waals surface area contributed by atoms with E-state index in [0.717, 1.165) is 0 Å². The normalized spacial score (nSPS) is 9.93. The van der Waals surface area contributed by atoms with E-state index in [1.54, 1.807) is 12.1 Å². The standard InChI is InChI=1S/C8H7N5O2/c1-5(14)15-8-6(3-2-4-9-8)7-10-12-13-11-7/h2-4H,1H3,(H,10,11,12,13). The molecule has 0 amide bonds. The molecule has 0 aliphatic heterocycles. The van der Waals surface area contributed by atoms with E-state index in [0.29, 0.717) is 11.4 Å². The Morgan fingerprint density at radius 1 is 1.53 bits per heavy atom. The second-order valence-corrected chi connectivity index (χ2v) is 2.69. The summed E-state index contributed by atoms with van der Waals surface area (Å²) in [5.74, 6) is 0.0594. The largest absolute Gasteiger partial charge is 0.407 e. The number of esters is 1. The van der Waals surface area contributed by atoms with E-state index in [1.165, 1.54) is 13.1 Å². The summed E-state index contributed by atoms with van der Waals surface area (Å²) in [6.45, 7) is 1.30. The number of rotatable bonds is 2. The first kappa shape index (κ1) is 9.25. The van der Waals surface area contributed by atoms with Gasteiger partial charge in [0.2, 0.25) is 11.7 Å². The van der Waals surface area contributed by atoms with Crippen LogP contribution < -0.4 is 4.74 Å². The van der Waals surface area contributed by atoms with Gasteiger partial charge in [0.05, 0.1) is 5.56 Å². The summed E-state index contributed by atoms with van der Waals surface area (Å²) in [4.78, 5) is 14.7.